The fourth-order valence-electron chi connectivity index (χ4n) is 2.69. The maximum atomic E-state index is 12.6. The van der Waals surface area contributed by atoms with Gasteiger partial charge in [0, 0.05) is 26.2 Å². The molecular formula is C15H22ClN3O4S. The summed E-state index contributed by atoms with van der Waals surface area (Å²) in [6.07, 6.45) is 1.44. The highest BCUT2D eigenvalue weighted by Crippen LogP contribution is 2.34. The second kappa shape index (κ2) is 6.87. The zero-order valence-corrected chi connectivity index (χ0v) is 15.1. The van der Waals surface area contributed by atoms with Crippen LogP contribution in [-0.4, -0.2) is 62.4 Å². The summed E-state index contributed by atoms with van der Waals surface area (Å²) in [6, 6.07) is 6.31. The lowest BCUT2D eigenvalue weighted by Gasteiger charge is -2.35. The smallest absolute Gasteiger partial charge is 0.243 e. The van der Waals surface area contributed by atoms with Gasteiger partial charge < -0.3 is 15.4 Å². The van der Waals surface area contributed by atoms with Crippen LogP contribution in [-0.2, 0) is 14.8 Å². The van der Waals surface area contributed by atoms with Gasteiger partial charge in [0.05, 0.1) is 17.5 Å². The van der Waals surface area contributed by atoms with Gasteiger partial charge in [0.2, 0.25) is 15.9 Å². The van der Waals surface area contributed by atoms with Crippen molar-refractivity contribution in [2.45, 2.75) is 23.3 Å². The van der Waals surface area contributed by atoms with Crippen molar-refractivity contribution in [1.82, 2.24) is 9.21 Å². The lowest BCUT2D eigenvalue weighted by molar-refractivity contribution is -0.134. The molecule has 1 aromatic carbocycles. The molecule has 0 unspecified atom stereocenters. The topological polar surface area (TPSA) is 92.9 Å². The Hall–Kier alpha value is -1.35. The third kappa shape index (κ3) is 3.51. The Balaban J connectivity index is 0.00000208. The molecule has 2 fully saturated rings. The molecule has 24 heavy (non-hydrogen) atoms. The highest BCUT2D eigenvalue weighted by Gasteiger charge is 2.48. The van der Waals surface area contributed by atoms with E-state index in [2.05, 4.69) is 0 Å². The van der Waals surface area contributed by atoms with Crippen molar-refractivity contribution >= 4 is 28.3 Å². The molecule has 0 bridgehead atoms. The Morgan fingerprint density at radius 2 is 1.67 bits per heavy atom. The molecule has 1 aromatic rings. The summed E-state index contributed by atoms with van der Waals surface area (Å²) in [5.41, 5.74) is 5.23. The Morgan fingerprint density at radius 1 is 1.12 bits per heavy atom. The molecule has 134 valence electrons. The van der Waals surface area contributed by atoms with Crippen LogP contribution < -0.4 is 10.5 Å². The summed E-state index contributed by atoms with van der Waals surface area (Å²) < 4.78 is 31.7. The molecule has 3 rings (SSSR count). The Morgan fingerprint density at radius 3 is 2.12 bits per heavy atom. The number of carbonyl (C=O) groups is 1. The van der Waals surface area contributed by atoms with Crippen LogP contribution in [0.5, 0.6) is 5.75 Å². The van der Waals surface area contributed by atoms with Gasteiger partial charge in [-0.25, -0.2) is 8.42 Å². The minimum Gasteiger partial charge on any atom is -0.497 e. The van der Waals surface area contributed by atoms with Crippen molar-refractivity contribution in [1.29, 1.82) is 0 Å². The van der Waals surface area contributed by atoms with Gasteiger partial charge in [0.1, 0.15) is 5.75 Å². The predicted octanol–water partition coefficient (Wildman–Crippen LogP) is 0.441. The minimum absolute atomic E-state index is 0. The second-order valence-corrected chi connectivity index (χ2v) is 7.97. The van der Waals surface area contributed by atoms with Crippen LogP contribution in [0.1, 0.15) is 12.8 Å². The van der Waals surface area contributed by atoms with Crippen LogP contribution in [0.15, 0.2) is 29.2 Å². The normalized spacial score (nSPS) is 20.2. The molecule has 2 aliphatic rings. The lowest BCUT2D eigenvalue weighted by atomic mass is 10.2. The standard InChI is InChI=1S/C15H21N3O4S.ClH/c1-22-12-2-4-13(5-3-12)23(20,21)18-10-8-17(9-11-18)14(19)15(16)6-7-15;/h2-5H,6-11,16H2,1H3;1H. The summed E-state index contributed by atoms with van der Waals surface area (Å²) in [4.78, 5) is 14.1. The van der Waals surface area contributed by atoms with Gasteiger partial charge in [-0.1, -0.05) is 0 Å². The SMILES string of the molecule is COc1ccc(S(=O)(=O)N2CCN(C(=O)C3(N)CC3)CC2)cc1.Cl. The van der Waals surface area contributed by atoms with Crippen molar-refractivity contribution in [3.8, 4) is 5.75 Å². The van der Waals surface area contributed by atoms with Gasteiger partial charge in [-0.2, -0.15) is 4.31 Å². The first-order chi connectivity index (χ1) is 10.9. The summed E-state index contributed by atoms with van der Waals surface area (Å²) in [5.74, 6) is 0.552. The van der Waals surface area contributed by atoms with Crippen LogP contribution >= 0.6 is 12.4 Å². The molecule has 1 heterocycles. The zero-order valence-electron chi connectivity index (χ0n) is 13.5. The van der Waals surface area contributed by atoms with Crippen molar-refractivity contribution < 1.29 is 17.9 Å². The summed E-state index contributed by atoms with van der Waals surface area (Å²) >= 11 is 0. The van der Waals surface area contributed by atoms with Gasteiger partial charge in [-0.05, 0) is 37.1 Å². The molecule has 0 radical (unpaired) electrons. The number of sulfonamides is 1. The van der Waals surface area contributed by atoms with Crippen LogP contribution in [0.4, 0.5) is 0 Å². The number of halogens is 1. The van der Waals surface area contributed by atoms with Crippen molar-refractivity contribution in [2.24, 2.45) is 5.73 Å². The second-order valence-electron chi connectivity index (χ2n) is 6.03. The summed E-state index contributed by atoms with van der Waals surface area (Å²) in [6.45, 7) is 1.34. The third-order valence-corrected chi connectivity index (χ3v) is 6.35. The molecule has 1 aliphatic carbocycles. The molecule has 1 amide bonds. The van der Waals surface area contributed by atoms with Gasteiger partial charge in [-0.3, -0.25) is 4.79 Å². The van der Waals surface area contributed by atoms with E-state index in [-0.39, 0.29) is 36.3 Å². The van der Waals surface area contributed by atoms with E-state index in [0.717, 1.165) is 12.8 Å². The molecular weight excluding hydrogens is 354 g/mol. The maximum Gasteiger partial charge on any atom is 0.243 e. The molecule has 0 spiro atoms. The van der Waals surface area contributed by atoms with Crippen molar-refractivity contribution in [3.05, 3.63) is 24.3 Å². The van der Waals surface area contributed by atoms with E-state index in [1.807, 2.05) is 0 Å². The number of nitrogens with zero attached hydrogens (tertiary/aromatic N) is 2. The number of piperazine rings is 1. The number of carbonyl (C=O) groups excluding carboxylic acids is 1. The molecule has 7 nitrogen and oxygen atoms in total. The van der Waals surface area contributed by atoms with Crippen LogP contribution in [0.25, 0.3) is 0 Å². The average Bonchev–Trinajstić information content (AvgIpc) is 3.33. The number of hydrogen-bond acceptors (Lipinski definition) is 5. The largest absolute Gasteiger partial charge is 0.497 e. The minimum atomic E-state index is -3.55. The first-order valence-electron chi connectivity index (χ1n) is 7.59. The van der Waals surface area contributed by atoms with E-state index in [1.54, 1.807) is 17.0 Å². The zero-order chi connectivity index (χ0) is 16.7. The number of methoxy groups -OCH3 is 1. The number of benzene rings is 1. The average molecular weight is 376 g/mol. The summed E-state index contributed by atoms with van der Waals surface area (Å²) in [7, 11) is -2.02. The monoisotopic (exact) mass is 375 g/mol. The Bertz CT molecular complexity index is 696. The fraction of sp³-hybridized carbons (Fsp3) is 0.533. The highest BCUT2D eigenvalue weighted by atomic mass is 35.5. The van der Waals surface area contributed by atoms with Gasteiger partial charge in [-0.15, -0.1) is 12.4 Å². The highest BCUT2D eigenvalue weighted by molar-refractivity contribution is 7.89. The van der Waals surface area contributed by atoms with E-state index >= 15 is 0 Å². The van der Waals surface area contributed by atoms with Crippen molar-refractivity contribution in [2.75, 3.05) is 33.3 Å². The Labute approximate surface area is 148 Å². The molecule has 1 saturated heterocycles. The van der Waals surface area contributed by atoms with E-state index in [4.69, 9.17) is 10.5 Å². The fourth-order valence-corrected chi connectivity index (χ4v) is 4.11. The molecule has 1 aliphatic heterocycles. The molecule has 2 N–H and O–H groups in total. The molecule has 0 atom stereocenters. The van der Waals surface area contributed by atoms with Crippen LogP contribution in [0.2, 0.25) is 0 Å². The van der Waals surface area contributed by atoms with E-state index < -0.39 is 15.6 Å². The van der Waals surface area contributed by atoms with Gasteiger partial charge in [0.25, 0.3) is 0 Å². The quantitative estimate of drug-likeness (QED) is 0.824. The third-order valence-electron chi connectivity index (χ3n) is 4.44. The molecule has 1 saturated carbocycles. The number of amides is 1. The lowest BCUT2D eigenvalue weighted by Crippen LogP contribution is -2.55. The molecule has 0 aromatic heterocycles. The number of hydrogen-bond donors (Lipinski definition) is 1. The maximum absolute atomic E-state index is 12.6. The summed E-state index contributed by atoms with van der Waals surface area (Å²) in [5, 5.41) is 0. The van der Waals surface area contributed by atoms with Crippen molar-refractivity contribution in [3.63, 3.8) is 0 Å². The van der Waals surface area contributed by atoms with E-state index in [1.165, 1.54) is 23.5 Å². The van der Waals surface area contributed by atoms with E-state index in [9.17, 15) is 13.2 Å². The predicted molar refractivity (Wildman–Crippen MR) is 91.7 cm³/mol. The Kier molecular flexibility index (Phi) is 5.44. The van der Waals surface area contributed by atoms with Crippen LogP contribution in [0.3, 0.4) is 0 Å². The van der Waals surface area contributed by atoms with E-state index in [0.29, 0.717) is 18.8 Å². The first-order valence-corrected chi connectivity index (χ1v) is 9.03. The number of nitrogens with two attached hydrogens (primary N) is 1. The number of ether oxygens (including phenoxy) is 1. The van der Waals surface area contributed by atoms with Crippen LogP contribution in [0, 0.1) is 0 Å². The first kappa shape index (κ1) is 19.0. The number of rotatable bonds is 4. The molecule has 9 heteroatoms. The van der Waals surface area contributed by atoms with Gasteiger partial charge in [0.15, 0.2) is 0 Å². The van der Waals surface area contributed by atoms with Gasteiger partial charge >= 0.3 is 0 Å².